The molecule has 0 fully saturated rings. The van der Waals surface area contributed by atoms with Gasteiger partial charge >= 0.3 is 6.18 Å². The summed E-state index contributed by atoms with van der Waals surface area (Å²) < 4.78 is 60.9. The quantitative estimate of drug-likeness (QED) is 0.872. The Morgan fingerprint density at radius 1 is 1.37 bits per heavy atom. The molecule has 3 N–H and O–H groups in total. The van der Waals surface area contributed by atoms with Crippen LogP contribution < -0.4 is 10.5 Å². The third-order valence-corrected chi connectivity index (χ3v) is 3.90. The van der Waals surface area contributed by atoms with E-state index >= 15 is 0 Å². The number of rotatable bonds is 5. The van der Waals surface area contributed by atoms with Crippen LogP contribution in [-0.2, 0) is 10.0 Å². The van der Waals surface area contributed by atoms with Crippen molar-refractivity contribution in [2.24, 2.45) is 5.73 Å². The Morgan fingerprint density at radius 2 is 2.00 bits per heavy atom. The van der Waals surface area contributed by atoms with Gasteiger partial charge in [0, 0.05) is 6.04 Å². The van der Waals surface area contributed by atoms with Crippen molar-refractivity contribution >= 4 is 10.0 Å². The molecule has 0 aliphatic heterocycles. The van der Waals surface area contributed by atoms with E-state index in [4.69, 9.17) is 5.73 Å². The second-order valence-electron chi connectivity index (χ2n) is 4.03. The number of halogens is 3. The van der Waals surface area contributed by atoms with Gasteiger partial charge in [-0.25, -0.2) is 13.1 Å². The van der Waals surface area contributed by atoms with Crippen LogP contribution in [0.25, 0.3) is 0 Å². The van der Waals surface area contributed by atoms with E-state index in [1.807, 2.05) is 6.92 Å². The summed E-state index contributed by atoms with van der Waals surface area (Å²) in [5.41, 5.74) is 6.32. The standard InChI is InChI=1S/C11H15F3N2O2S/c1-2-10(15)8-4-3-5-9(6-8)19(17,18)16-7-11(12,13)14/h3-6,10,16H,2,7,15H2,1H3. The number of sulfonamides is 1. The van der Waals surface area contributed by atoms with Gasteiger partial charge in [0.1, 0.15) is 6.54 Å². The molecule has 0 spiro atoms. The molecule has 8 heteroatoms. The Kier molecular flexibility index (Phi) is 4.94. The van der Waals surface area contributed by atoms with E-state index in [0.29, 0.717) is 12.0 Å². The van der Waals surface area contributed by atoms with Crippen LogP contribution in [0.4, 0.5) is 13.2 Å². The first-order valence-corrected chi connectivity index (χ1v) is 7.06. The van der Waals surface area contributed by atoms with Gasteiger partial charge in [-0.2, -0.15) is 13.2 Å². The Hall–Kier alpha value is -1.12. The first-order chi connectivity index (χ1) is 8.65. The van der Waals surface area contributed by atoms with E-state index in [9.17, 15) is 21.6 Å². The van der Waals surface area contributed by atoms with Gasteiger partial charge < -0.3 is 5.73 Å². The summed E-state index contributed by atoms with van der Waals surface area (Å²) in [7, 11) is -4.18. The summed E-state index contributed by atoms with van der Waals surface area (Å²) in [6.45, 7) is 0.229. The zero-order valence-electron chi connectivity index (χ0n) is 10.2. The molecule has 0 heterocycles. The van der Waals surface area contributed by atoms with Crippen LogP contribution in [0.5, 0.6) is 0 Å². The molecule has 0 aliphatic carbocycles. The zero-order valence-corrected chi connectivity index (χ0v) is 11.1. The lowest BCUT2D eigenvalue weighted by Gasteiger charge is -2.12. The third-order valence-electron chi connectivity index (χ3n) is 2.50. The maximum Gasteiger partial charge on any atom is 0.402 e. The van der Waals surface area contributed by atoms with Gasteiger partial charge in [0.15, 0.2) is 0 Å². The van der Waals surface area contributed by atoms with E-state index in [2.05, 4.69) is 0 Å². The molecule has 0 radical (unpaired) electrons. The highest BCUT2D eigenvalue weighted by molar-refractivity contribution is 7.89. The summed E-state index contributed by atoms with van der Waals surface area (Å²) in [6, 6.07) is 5.25. The van der Waals surface area contributed by atoms with Crippen LogP contribution in [0, 0.1) is 0 Å². The molecule has 1 aromatic rings. The molecule has 4 nitrogen and oxygen atoms in total. The van der Waals surface area contributed by atoms with Gasteiger partial charge in [-0.15, -0.1) is 0 Å². The van der Waals surface area contributed by atoms with Gasteiger partial charge in [-0.1, -0.05) is 19.1 Å². The monoisotopic (exact) mass is 296 g/mol. The Morgan fingerprint density at radius 3 is 2.53 bits per heavy atom. The highest BCUT2D eigenvalue weighted by atomic mass is 32.2. The fourth-order valence-electron chi connectivity index (χ4n) is 1.41. The van der Waals surface area contributed by atoms with E-state index in [1.54, 1.807) is 6.07 Å². The maximum absolute atomic E-state index is 12.0. The van der Waals surface area contributed by atoms with Crippen LogP contribution in [0.1, 0.15) is 24.9 Å². The van der Waals surface area contributed by atoms with Crippen molar-refractivity contribution < 1.29 is 21.6 Å². The second kappa shape index (κ2) is 5.89. The molecule has 1 unspecified atom stereocenters. The smallest absolute Gasteiger partial charge is 0.324 e. The van der Waals surface area contributed by atoms with Gasteiger partial charge in [0.25, 0.3) is 0 Å². The van der Waals surface area contributed by atoms with E-state index in [0.717, 1.165) is 0 Å². The third kappa shape index (κ3) is 4.81. The predicted molar refractivity (Wildman–Crippen MR) is 64.9 cm³/mol. The van der Waals surface area contributed by atoms with Crippen LogP contribution in [-0.4, -0.2) is 21.1 Å². The first kappa shape index (κ1) is 15.9. The number of hydrogen-bond donors (Lipinski definition) is 2. The summed E-state index contributed by atoms with van der Waals surface area (Å²) in [5, 5.41) is 0. The van der Waals surface area contributed by atoms with Gasteiger partial charge in [0.2, 0.25) is 10.0 Å². The number of hydrogen-bond acceptors (Lipinski definition) is 3. The van der Waals surface area contributed by atoms with Gasteiger partial charge in [-0.3, -0.25) is 0 Å². The SMILES string of the molecule is CCC(N)c1cccc(S(=O)(=O)NCC(F)(F)F)c1. The van der Waals surface area contributed by atoms with Crippen LogP contribution in [0.3, 0.4) is 0 Å². The van der Waals surface area contributed by atoms with Crippen molar-refractivity contribution in [1.82, 2.24) is 4.72 Å². The molecule has 0 saturated carbocycles. The van der Waals surface area contributed by atoms with E-state index in [1.165, 1.54) is 22.9 Å². The lowest BCUT2D eigenvalue weighted by molar-refractivity contribution is -0.121. The van der Waals surface area contributed by atoms with Gasteiger partial charge in [0.05, 0.1) is 4.90 Å². The molecule has 108 valence electrons. The molecule has 0 aromatic heterocycles. The zero-order chi connectivity index (χ0) is 14.7. The normalized spacial score (nSPS) is 14.4. The lowest BCUT2D eigenvalue weighted by Crippen LogP contribution is -2.33. The first-order valence-electron chi connectivity index (χ1n) is 5.57. The second-order valence-corrected chi connectivity index (χ2v) is 5.79. The van der Waals surface area contributed by atoms with Crippen molar-refractivity contribution in [2.75, 3.05) is 6.54 Å². The molecule has 0 saturated heterocycles. The molecular formula is C11H15F3N2O2S. The fourth-order valence-corrected chi connectivity index (χ4v) is 2.48. The minimum atomic E-state index is -4.59. The van der Waals surface area contributed by atoms with Crippen molar-refractivity contribution in [2.45, 2.75) is 30.5 Å². The molecule has 19 heavy (non-hydrogen) atoms. The number of nitrogens with one attached hydrogen (secondary N) is 1. The number of alkyl halides is 3. The Balaban J connectivity index is 2.96. The lowest BCUT2D eigenvalue weighted by atomic mass is 10.1. The average Bonchev–Trinajstić information content (AvgIpc) is 2.35. The highest BCUT2D eigenvalue weighted by Crippen LogP contribution is 2.19. The number of benzene rings is 1. The van der Waals surface area contributed by atoms with Crippen LogP contribution in [0.2, 0.25) is 0 Å². The summed E-state index contributed by atoms with van der Waals surface area (Å²) in [4.78, 5) is -0.224. The summed E-state index contributed by atoms with van der Waals surface area (Å²) in [5.74, 6) is 0. The Labute approximate surface area is 109 Å². The van der Waals surface area contributed by atoms with Crippen molar-refractivity contribution in [3.63, 3.8) is 0 Å². The number of nitrogens with two attached hydrogens (primary N) is 1. The molecule has 1 rings (SSSR count). The van der Waals surface area contributed by atoms with Crippen molar-refractivity contribution in [3.05, 3.63) is 29.8 Å². The minimum Gasteiger partial charge on any atom is -0.324 e. The molecular weight excluding hydrogens is 281 g/mol. The fraction of sp³-hybridized carbons (Fsp3) is 0.455. The van der Waals surface area contributed by atoms with Gasteiger partial charge in [-0.05, 0) is 24.1 Å². The maximum atomic E-state index is 12.0. The largest absolute Gasteiger partial charge is 0.402 e. The van der Waals surface area contributed by atoms with Crippen LogP contribution >= 0.6 is 0 Å². The van der Waals surface area contributed by atoms with E-state index in [-0.39, 0.29) is 10.9 Å². The van der Waals surface area contributed by atoms with Crippen molar-refractivity contribution in [3.8, 4) is 0 Å². The van der Waals surface area contributed by atoms with Crippen LogP contribution in [0.15, 0.2) is 29.2 Å². The molecule has 1 aromatic carbocycles. The summed E-state index contributed by atoms with van der Waals surface area (Å²) >= 11 is 0. The summed E-state index contributed by atoms with van der Waals surface area (Å²) in [6.07, 6.45) is -4.00. The van der Waals surface area contributed by atoms with E-state index < -0.39 is 22.7 Å². The molecule has 0 bridgehead atoms. The van der Waals surface area contributed by atoms with Crippen molar-refractivity contribution in [1.29, 1.82) is 0 Å². The molecule has 0 aliphatic rings. The Bertz CT molecular complexity index is 529. The molecule has 0 amide bonds. The topological polar surface area (TPSA) is 72.2 Å². The average molecular weight is 296 g/mol. The predicted octanol–water partition coefficient (Wildman–Crippen LogP) is 1.94. The minimum absolute atomic E-state index is 0.224. The highest BCUT2D eigenvalue weighted by Gasteiger charge is 2.30. The molecule has 1 atom stereocenters.